The average Bonchev–Trinajstić information content (AvgIpc) is 3.13. The fourth-order valence-corrected chi connectivity index (χ4v) is 5.30. The molecule has 3 nitrogen and oxygen atoms in total. The number of thioether (sulfide) groups is 2. The minimum absolute atomic E-state index is 0.0441. The Hall–Kier alpha value is -1.50. The van der Waals surface area contributed by atoms with Gasteiger partial charge in [-0.05, 0) is 36.8 Å². The largest absolute Gasteiger partial charge is 0.272 e. The molecule has 26 heavy (non-hydrogen) atoms. The normalized spacial score (nSPS) is 14.2. The van der Waals surface area contributed by atoms with Crippen LogP contribution in [0.15, 0.2) is 73.9 Å². The van der Waals surface area contributed by atoms with Gasteiger partial charge in [0.05, 0.1) is 16.3 Å². The van der Waals surface area contributed by atoms with Crippen LogP contribution in [0, 0.1) is 0 Å². The number of rotatable bonds is 4. The Balaban J connectivity index is 1.81. The lowest BCUT2D eigenvalue weighted by atomic mass is 10.2. The van der Waals surface area contributed by atoms with Gasteiger partial charge in [0.1, 0.15) is 0 Å². The molecule has 0 saturated heterocycles. The highest BCUT2D eigenvalue weighted by molar-refractivity contribution is 9.10. The minimum Gasteiger partial charge on any atom is -0.268 e. The summed E-state index contributed by atoms with van der Waals surface area (Å²) in [6, 6.07) is 18.2. The van der Waals surface area contributed by atoms with Gasteiger partial charge >= 0.3 is 0 Å². The number of hydrogen-bond acceptors (Lipinski definition) is 4. The number of fused-ring (bicyclic) bond motifs is 1. The molecule has 0 aliphatic carbocycles. The van der Waals surface area contributed by atoms with Crippen LogP contribution in [-0.2, 0) is 6.42 Å². The summed E-state index contributed by atoms with van der Waals surface area (Å²) in [5.74, 6) is 0.931. The highest BCUT2D eigenvalue weighted by atomic mass is 79.9. The second kappa shape index (κ2) is 7.62. The topological polar surface area (TPSA) is 34.9 Å². The molecule has 0 N–H and O–H groups in total. The van der Waals surface area contributed by atoms with Gasteiger partial charge in [0.25, 0.3) is 5.56 Å². The quantitative estimate of drug-likeness (QED) is 0.393. The minimum atomic E-state index is 0.0441. The van der Waals surface area contributed by atoms with E-state index in [2.05, 4.69) is 35.0 Å². The summed E-state index contributed by atoms with van der Waals surface area (Å²) in [7, 11) is 0. The number of aryl methyl sites for hydroxylation is 1. The molecule has 6 heteroatoms. The Morgan fingerprint density at radius 1 is 1.15 bits per heavy atom. The van der Waals surface area contributed by atoms with E-state index in [1.807, 2.05) is 42.5 Å². The first kappa shape index (κ1) is 17.9. The van der Waals surface area contributed by atoms with Gasteiger partial charge in [0.15, 0.2) is 5.16 Å². The fraction of sp³-hybridized carbons (Fsp3) is 0.200. The molecule has 1 aliphatic heterocycles. The van der Waals surface area contributed by atoms with Crippen LogP contribution in [0.3, 0.4) is 0 Å². The van der Waals surface area contributed by atoms with Gasteiger partial charge in [0.2, 0.25) is 0 Å². The maximum Gasteiger partial charge on any atom is 0.272 e. The smallest absolute Gasteiger partial charge is 0.268 e. The van der Waals surface area contributed by atoms with Crippen molar-refractivity contribution >= 4 is 39.5 Å². The van der Waals surface area contributed by atoms with Crippen LogP contribution in [0.2, 0.25) is 0 Å². The van der Waals surface area contributed by atoms with Gasteiger partial charge in [-0.3, -0.25) is 9.36 Å². The summed E-state index contributed by atoms with van der Waals surface area (Å²) in [6.07, 6.45) is 0.865. The second-order valence-corrected chi connectivity index (χ2v) is 9.39. The lowest BCUT2D eigenvalue weighted by molar-refractivity contribution is 0.737. The molecule has 2 heterocycles. The second-order valence-electron chi connectivity index (χ2n) is 6.06. The van der Waals surface area contributed by atoms with Crippen LogP contribution in [0.1, 0.15) is 23.4 Å². The Morgan fingerprint density at radius 2 is 1.88 bits per heavy atom. The van der Waals surface area contributed by atoms with E-state index in [0.717, 1.165) is 38.1 Å². The Kier molecular flexibility index (Phi) is 5.25. The van der Waals surface area contributed by atoms with Gasteiger partial charge < -0.3 is 0 Å². The summed E-state index contributed by atoms with van der Waals surface area (Å²) < 4.78 is 2.75. The Bertz CT molecular complexity index is 987. The van der Waals surface area contributed by atoms with Crippen LogP contribution in [0.4, 0.5) is 0 Å². The van der Waals surface area contributed by atoms with Crippen molar-refractivity contribution in [2.75, 3.05) is 5.75 Å². The number of aromatic nitrogens is 2. The van der Waals surface area contributed by atoms with Crippen molar-refractivity contribution in [3.63, 3.8) is 0 Å². The van der Waals surface area contributed by atoms with Crippen LogP contribution in [0.25, 0.3) is 5.69 Å². The molecule has 3 aromatic rings. The van der Waals surface area contributed by atoms with Gasteiger partial charge in [-0.15, -0.1) is 11.8 Å². The zero-order valence-corrected chi connectivity index (χ0v) is 17.4. The van der Waals surface area contributed by atoms with E-state index in [0.29, 0.717) is 0 Å². The fourth-order valence-electron chi connectivity index (χ4n) is 2.94. The number of hydrogen-bond donors (Lipinski definition) is 0. The molecular formula is C20H17BrN2OS2. The molecule has 1 unspecified atom stereocenters. The van der Waals surface area contributed by atoms with E-state index in [9.17, 15) is 4.79 Å². The zero-order valence-electron chi connectivity index (χ0n) is 14.2. The molecule has 0 fully saturated rings. The molecule has 0 amide bonds. The van der Waals surface area contributed by atoms with Crippen molar-refractivity contribution in [2.24, 2.45) is 0 Å². The number of halogens is 1. The molecular weight excluding hydrogens is 428 g/mol. The van der Waals surface area contributed by atoms with Crippen LogP contribution >= 0.6 is 39.5 Å². The molecule has 4 rings (SSSR count). The predicted octanol–water partition coefficient (Wildman–Crippen LogP) is 5.50. The predicted molar refractivity (Wildman–Crippen MR) is 113 cm³/mol. The highest BCUT2D eigenvalue weighted by Gasteiger charge is 2.23. The first-order chi connectivity index (χ1) is 12.6. The Labute approximate surface area is 169 Å². The standard InChI is InChI=1S/C20H17BrN2OS2/c1-13(14-5-3-2-4-6-14)26-20-22-17-11-12-25-18(17)19(24)23(20)16-9-7-15(21)8-10-16/h2-10,13H,11-12H2,1H3. The zero-order chi connectivity index (χ0) is 18.1. The van der Waals surface area contributed by atoms with Crippen molar-refractivity contribution in [1.29, 1.82) is 0 Å². The molecule has 1 aromatic heterocycles. The maximum absolute atomic E-state index is 13.2. The van der Waals surface area contributed by atoms with E-state index < -0.39 is 0 Å². The van der Waals surface area contributed by atoms with E-state index >= 15 is 0 Å². The van der Waals surface area contributed by atoms with Crippen LogP contribution in [-0.4, -0.2) is 15.3 Å². The maximum atomic E-state index is 13.2. The van der Waals surface area contributed by atoms with Gasteiger partial charge in [0, 0.05) is 21.9 Å². The summed E-state index contributed by atoms with van der Waals surface area (Å²) in [5, 5.41) is 0.965. The molecule has 2 aromatic carbocycles. The van der Waals surface area contributed by atoms with Crippen molar-refractivity contribution in [3.8, 4) is 5.69 Å². The van der Waals surface area contributed by atoms with E-state index in [1.54, 1.807) is 28.1 Å². The van der Waals surface area contributed by atoms with Gasteiger partial charge in [-0.1, -0.05) is 58.0 Å². The third-order valence-electron chi connectivity index (χ3n) is 4.30. The van der Waals surface area contributed by atoms with Crippen molar-refractivity contribution < 1.29 is 0 Å². The molecule has 1 atom stereocenters. The van der Waals surface area contributed by atoms with Crippen LogP contribution < -0.4 is 5.56 Å². The van der Waals surface area contributed by atoms with Crippen molar-refractivity contribution in [3.05, 3.63) is 80.7 Å². The van der Waals surface area contributed by atoms with Gasteiger partial charge in [-0.25, -0.2) is 4.98 Å². The Morgan fingerprint density at radius 3 is 2.62 bits per heavy atom. The molecule has 1 aliphatic rings. The molecule has 0 bridgehead atoms. The summed E-state index contributed by atoms with van der Waals surface area (Å²) in [5.41, 5.74) is 3.06. The summed E-state index contributed by atoms with van der Waals surface area (Å²) >= 11 is 6.71. The molecule has 0 saturated carbocycles. The molecule has 0 radical (unpaired) electrons. The van der Waals surface area contributed by atoms with Crippen LogP contribution in [0.5, 0.6) is 0 Å². The summed E-state index contributed by atoms with van der Waals surface area (Å²) in [4.78, 5) is 18.8. The van der Waals surface area contributed by atoms with E-state index in [4.69, 9.17) is 4.98 Å². The summed E-state index contributed by atoms with van der Waals surface area (Å²) in [6.45, 7) is 2.15. The average molecular weight is 445 g/mol. The first-order valence-electron chi connectivity index (χ1n) is 8.40. The number of nitrogens with zero attached hydrogens (tertiary/aromatic N) is 2. The lowest BCUT2D eigenvalue weighted by Crippen LogP contribution is -2.24. The third-order valence-corrected chi connectivity index (χ3v) is 7.05. The third kappa shape index (κ3) is 3.50. The van der Waals surface area contributed by atoms with E-state index in [-0.39, 0.29) is 10.8 Å². The molecule has 0 spiro atoms. The molecule has 132 valence electrons. The monoisotopic (exact) mass is 444 g/mol. The van der Waals surface area contributed by atoms with Gasteiger partial charge in [-0.2, -0.15) is 0 Å². The van der Waals surface area contributed by atoms with Crippen molar-refractivity contribution in [1.82, 2.24) is 9.55 Å². The highest BCUT2D eigenvalue weighted by Crippen LogP contribution is 2.36. The lowest BCUT2D eigenvalue weighted by Gasteiger charge is -2.17. The van der Waals surface area contributed by atoms with E-state index in [1.165, 1.54) is 5.56 Å². The number of benzene rings is 2. The van der Waals surface area contributed by atoms with Crippen molar-refractivity contribution in [2.45, 2.75) is 28.6 Å². The first-order valence-corrected chi connectivity index (χ1v) is 11.1. The SMILES string of the molecule is CC(Sc1nc2c(c(=O)n1-c1ccc(Br)cc1)SCC2)c1ccccc1.